The molecule has 1 unspecified atom stereocenters. The normalized spacial score (nSPS) is 15.6. The first-order chi connectivity index (χ1) is 18.1. The van der Waals surface area contributed by atoms with E-state index in [2.05, 4.69) is 73.5 Å². The number of carbonyl (C=O) groups is 1. The van der Waals surface area contributed by atoms with Crippen molar-refractivity contribution in [2.45, 2.75) is 65.6 Å². The van der Waals surface area contributed by atoms with E-state index in [-0.39, 0.29) is 23.9 Å². The number of rotatable bonds is 8. The fourth-order valence-corrected chi connectivity index (χ4v) is 5.47. The van der Waals surface area contributed by atoms with E-state index in [0.717, 1.165) is 47.8 Å². The maximum absolute atomic E-state index is 12.7. The van der Waals surface area contributed by atoms with Gasteiger partial charge in [0.05, 0.1) is 24.4 Å². The van der Waals surface area contributed by atoms with Crippen LogP contribution in [0.1, 0.15) is 66.5 Å². The zero-order chi connectivity index (χ0) is 27.4. The summed E-state index contributed by atoms with van der Waals surface area (Å²) in [5.74, 6) is 0.586. The first kappa shape index (κ1) is 27.5. The van der Waals surface area contributed by atoms with Crippen LogP contribution in [0.5, 0.6) is 5.75 Å². The van der Waals surface area contributed by atoms with Crippen molar-refractivity contribution in [1.82, 2.24) is 4.90 Å². The standard InChI is InChI=1S/C32H41N3O3/c1-7-37-30(36)17-27(26-14-15-28(34-6)31(33)22(26)3)23-13-12-21(2)25(16-23)19-35-18-24-10-8-9-11-29(24)38-32(4,5)20-35/h8-16,27,34H,7,17-20,33H2,1-6H3. The Bertz CT molecular complexity index is 1300. The zero-order valence-electron chi connectivity index (χ0n) is 23.6. The third kappa shape index (κ3) is 6.13. The molecule has 0 saturated carbocycles. The lowest BCUT2D eigenvalue weighted by atomic mass is 9.84. The Morgan fingerprint density at radius 1 is 1.16 bits per heavy atom. The molecular weight excluding hydrogens is 474 g/mol. The molecule has 0 saturated heterocycles. The lowest BCUT2D eigenvalue weighted by molar-refractivity contribution is -0.143. The summed E-state index contributed by atoms with van der Waals surface area (Å²) in [5, 5.41) is 3.15. The number of nitrogens with two attached hydrogens (primary N) is 1. The molecule has 0 aromatic heterocycles. The molecule has 0 bridgehead atoms. The van der Waals surface area contributed by atoms with Crippen LogP contribution in [0.2, 0.25) is 0 Å². The van der Waals surface area contributed by atoms with Crippen LogP contribution < -0.4 is 15.8 Å². The van der Waals surface area contributed by atoms with Crippen LogP contribution >= 0.6 is 0 Å². The van der Waals surface area contributed by atoms with Gasteiger partial charge >= 0.3 is 5.97 Å². The first-order valence-electron chi connectivity index (χ1n) is 13.4. The van der Waals surface area contributed by atoms with Crippen LogP contribution in [0, 0.1) is 13.8 Å². The monoisotopic (exact) mass is 515 g/mol. The van der Waals surface area contributed by atoms with Crippen molar-refractivity contribution in [2.75, 3.05) is 31.2 Å². The van der Waals surface area contributed by atoms with Crippen LogP contribution in [0.4, 0.5) is 11.4 Å². The van der Waals surface area contributed by atoms with Gasteiger partial charge in [-0.05, 0) is 74.6 Å². The number of fused-ring (bicyclic) bond motifs is 1. The Hall–Kier alpha value is -3.51. The summed E-state index contributed by atoms with van der Waals surface area (Å²) in [6, 6.07) is 18.9. The highest BCUT2D eigenvalue weighted by atomic mass is 16.5. The summed E-state index contributed by atoms with van der Waals surface area (Å²) >= 11 is 0. The summed E-state index contributed by atoms with van der Waals surface area (Å²) in [6.45, 7) is 13.1. The molecule has 6 heteroatoms. The van der Waals surface area contributed by atoms with E-state index < -0.39 is 0 Å². The Morgan fingerprint density at radius 3 is 2.66 bits per heavy atom. The Morgan fingerprint density at radius 2 is 1.92 bits per heavy atom. The SMILES string of the molecule is CCOC(=O)CC(c1ccc(C)c(CN2Cc3ccccc3OC(C)(C)C2)c1)c1ccc(NC)c(N)c1C. The predicted molar refractivity (Wildman–Crippen MR) is 155 cm³/mol. The lowest BCUT2D eigenvalue weighted by Crippen LogP contribution is -2.40. The lowest BCUT2D eigenvalue weighted by Gasteiger charge is -2.30. The van der Waals surface area contributed by atoms with E-state index in [1.54, 1.807) is 0 Å². The molecule has 1 aliphatic rings. The maximum atomic E-state index is 12.7. The second kappa shape index (κ2) is 11.5. The highest BCUT2D eigenvalue weighted by molar-refractivity contribution is 5.75. The van der Waals surface area contributed by atoms with Gasteiger partial charge in [-0.25, -0.2) is 0 Å². The number of para-hydroxylation sites is 1. The predicted octanol–water partition coefficient (Wildman–Crippen LogP) is 6.19. The largest absolute Gasteiger partial charge is 0.486 e. The molecule has 6 nitrogen and oxygen atoms in total. The molecule has 1 aliphatic heterocycles. The Kier molecular flexibility index (Phi) is 8.32. The molecule has 0 aliphatic carbocycles. The number of nitrogen functional groups attached to an aromatic ring is 1. The molecule has 0 fully saturated rings. The highest BCUT2D eigenvalue weighted by Crippen LogP contribution is 2.37. The molecule has 1 heterocycles. The van der Waals surface area contributed by atoms with Gasteiger partial charge in [-0.15, -0.1) is 0 Å². The number of aryl methyl sites for hydroxylation is 1. The summed E-state index contributed by atoms with van der Waals surface area (Å²) in [7, 11) is 1.86. The second-order valence-electron chi connectivity index (χ2n) is 10.9. The number of ether oxygens (including phenoxy) is 2. The van der Waals surface area contributed by atoms with Gasteiger partial charge in [0, 0.05) is 38.2 Å². The van der Waals surface area contributed by atoms with E-state index >= 15 is 0 Å². The van der Waals surface area contributed by atoms with Crippen LogP contribution in [0.3, 0.4) is 0 Å². The summed E-state index contributed by atoms with van der Waals surface area (Å²) in [6.07, 6.45) is 0.257. The quantitative estimate of drug-likeness (QED) is 0.275. The number of esters is 1. The summed E-state index contributed by atoms with van der Waals surface area (Å²) < 4.78 is 11.7. The van der Waals surface area contributed by atoms with Crippen molar-refractivity contribution < 1.29 is 14.3 Å². The fraction of sp³-hybridized carbons (Fsp3) is 0.406. The van der Waals surface area contributed by atoms with Crippen LogP contribution in [0.25, 0.3) is 0 Å². The van der Waals surface area contributed by atoms with Crippen molar-refractivity contribution in [3.8, 4) is 5.75 Å². The molecule has 38 heavy (non-hydrogen) atoms. The molecule has 0 radical (unpaired) electrons. The third-order valence-electron chi connectivity index (χ3n) is 7.40. The van der Waals surface area contributed by atoms with Crippen molar-refractivity contribution in [1.29, 1.82) is 0 Å². The third-order valence-corrected chi connectivity index (χ3v) is 7.40. The minimum atomic E-state index is -0.311. The Labute approximate surface area is 227 Å². The maximum Gasteiger partial charge on any atom is 0.306 e. The van der Waals surface area contributed by atoms with E-state index in [9.17, 15) is 4.79 Å². The minimum absolute atomic E-state index is 0.161. The molecule has 3 aromatic carbocycles. The molecule has 202 valence electrons. The Balaban J connectivity index is 1.70. The first-order valence-corrected chi connectivity index (χ1v) is 13.4. The van der Waals surface area contributed by atoms with Crippen LogP contribution in [-0.2, 0) is 22.6 Å². The number of benzene rings is 3. The second-order valence-corrected chi connectivity index (χ2v) is 10.9. The van der Waals surface area contributed by atoms with Gasteiger partial charge in [0.1, 0.15) is 11.4 Å². The van der Waals surface area contributed by atoms with Crippen molar-refractivity contribution in [3.63, 3.8) is 0 Å². The molecule has 1 atom stereocenters. The molecule has 0 amide bonds. The number of anilines is 2. The number of hydrogen-bond donors (Lipinski definition) is 2. The van der Waals surface area contributed by atoms with Crippen molar-refractivity contribution in [3.05, 3.63) is 88.0 Å². The van der Waals surface area contributed by atoms with E-state index in [0.29, 0.717) is 12.3 Å². The van der Waals surface area contributed by atoms with Crippen molar-refractivity contribution in [2.24, 2.45) is 0 Å². The average Bonchev–Trinajstić information content (AvgIpc) is 3.00. The van der Waals surface area contributed by atoms with Crippen LogP contribution in [0.15, 0.2) is 54.6 Å². The van der Waals surface area contributed by atoms with Gasteiger partial charge in [0.2, 0.25) is 0 Å². The van der Waals surface area contributed by atoms with Gasteiger partial charge in [-0.1, -0.05) is 42.5 Å². The topological polar surface area (TPSA) is 76.8 Å². The molecule has 3 N–H and O–H groups in total. The number of nitrogens with one attached hydrogen (secondary N) is 1. The highest BCUT2D eigenvalue weighted by Gasteiger charge is 2.29. The zero-order valence-corrected chi connectivity index (χ0v) is 23.6. The molecule has 0 spiro atoms. The van der Waals surface area contributed by atoms with E-state index in [1.807, 2.05) is 33.0 Å². The average molecular weight is 516 g/mol. The fourth-order valence-electron chi connectivity index (χ4n) is 5.47. The number of carbonyl (C=O) groups excluding carboxylic acids is 1. The molecular formula is C32H41N3O3. The van der Waals surface area contributed by atoms with Gasteiger partial charge < -0.3 is 20.5 Å². The van der Waals surface area contributed by atoms with Crippen molar-refractivity contribution >= 4 is 17.3 Å². The number of nitrogens with zero attached hydrogens (tertiary/aromatic N) is 1. The van der Waals surface area contributed by atoms with Gasteiger partial charge in [0.15, 0.2) is 0 Å². The van der Waals surface area contributed by atoms with Gasteiger partial charge in [-0.3, -0.25) is 9.69 Å². The van der Waals surface area contributed by atoms with Crippen LogP contribution in [-0.4, -0.2) is 36.7 Å². The van der Waals surface area contributed by atoms with E-state index in [4.69, 9.17) is 15.2 Å². The minimum Gasteiger partial charge on any atom is -0.486 e. The smallest absolute Gasteiger partial charge is 0.306 e. The number of hydrogen-bond acceptors (Lipinski definition) is 6. The van der Waals surface area contributed by atoms with E-state index in [1.165, 1.54) is 16.7 Å². The van der Waals surface area contributed by atoms with Gasteiger partial charge in [0.25, 0.3) is 0 Å². The summed E-state index contributed by atoms with van der Waals surface area (Å²) in [4.78, 5) is 15.2. The van der Waals surface area contributed by atoms with Gasteiger partial charge in [-0.2, -0.15) is 0 Å². The summed E-state index contributed by atoms with van der Waals surface area (Å²) in [5.41, 5.74) is 14.5. The molecule has 3 aromatic rings. The molecule has 4 rings (SSSR count).